The summed E-state index contributed by atoms with van der Waals surface area (Å²) in [7, 11) is 1.73. The van der Waals surface area contributed by atoms with E-state index in [2.05, 4.69) is 4.90 Å². The van der Waals surface area contributed by atoms with Crippen LogP contribution in [0.2, 0.25) is 5.02 Å². The molecule has 0 aliphatic carbocycles. The molecule has 0 unspecified atom stereocenters. The van der Waals surface area contributed by atoms with Gasteiger partial charge < -0.3 is 9.47 Å². The van der Waals surface area contributed by atoms with Crippen molar-refractivity contribution in [3.05, 3.63) is 64.4 Å². The Balaban J connectivity index is 1.67. The molecule has 2 aromatic rings. The molecule has 0 aromatic heterocycles. The predicted octanol–water partition coefficient (Wildman–Crippen LogP) is 4.31. The zero-order chi connectivity index (χ0) is 17.4. The molecule has 3 atom stereocenters. The molecule has 0 bridgehead atoms. The summed E-state index contributed by atoms with van der Waals surface area (Å²) in [6.45, 7) is 3.04. The van der Waals surface area contributed by atoms with Crippen molar-refractivity contribution in [2.24, 2.45) is 11.8 Å². The quantitative estimate of drug-likeness (QED) is 0.810. The minimum Gasteiger partial charge on any atom is -0.493 e. The van der Waals surface area contributed by atoms with Crippen molar-refractivity contribution in [3.63, 3.8) is 0 Å². The standard InChI is InChI=1S/C20H21ClFNO2/c1-24-11-14-10-23(9-13-2-4-15(21)5-3-13)20-17-8-16(22)6-7-19(17)25-12-18(14)20/h2-8,14,18,20H,9-12H2,1H3/t14-,18-,20-/m0/s1. The molecule has 0 amide bonds. The molecule has 0 radical (unpaired) electrons. The molecule has 2 aliphatic heterocycles. The zero-order valence-electron chi connectivity index (χ0n) is 14.1. The first kappa shape index (κ1) is 16.8. The molecule has 1 fully saturated rings. The Morgan fingerprint density at radius 2 is 2.04 bits per heavy atom. The topological polar surface area (TPSA) is 21.7 Å². The second kappa shape index (κ2) is 6.94. The van der Waals surface area contributed by atoms with Gasteiger partial charge in [0.15, 0.2) is 0 Å². The number of fused-ring (bicyclic) bond motifs is 3. The number of halogens is 2. The molecule has 0 saturated carbocycles. The van der Waals surface area contributed by atoms with Crippen LogP contribution in [0, 0.1) is 17.7 Å². The van der Waals surface area contributed by atoms with Crippen LogP contribution in [0.5, 0.6) is 5.75 Å². The van der Waals surface area contributed by atoms with Crippen LogP contribution in [-0.2, 0) is 11.3 Å². The van der Waals surface area contributed by atoms with Crippen molar-refractivity contribution in [2.75, 3.05) is 26.9 Å². The Hall–Kier alpha value is -1.62. The van der Waals surface area contributed by atoms with Crippen molar-refractivity contribution in [3.8, 4) is 5.75 Å². The molecule has 2 aliphatic rings. The number of benzene rings is 2. The number of rotatable bonds is 4. The van der Waals surface area contributed by atoms with E-state index in [4.69, 9.17) is 21.1 Å². The van der Waals surface area contributed by atoms with Crippen LogP contribution in [-0.4, -0.2) is 31.8 Å². The number of hydrogen-bond donors (Lipinski definition) is 0. The van der Waals surface area contributed by atoms with Crippen LogP contribution < -0.4 is 4.74 Å². The van der Waals surface area contributed by atoms with Gasteiger partial charge in [-0.1, -0.05) is 23.7 Å². The number of hydrogen-bond acceptors (Lipinski definition) is 3. The van der Waals surface area contributed by atoms with E-state index >= 15 is 0 Å². The van der Waals surface area contributed by atoms with Gasteiger partial charge in [-0.05, 0) is 35.9 Å². The van der Waals surface area contributed by atoms with Gasteiger partial charge in [0, 0.05) is 48.7 Å². The third-order valence-corrected chi connectivity index (χ3v) is 5.53. The zero-order valence-corrected chi connectivity index (χ0v) is 14.9. The molecule has 25 heavy (non-hydrogen) atoms. The summed E-state index contributed by atoms with van der Waals surface area (Å²) in [5, 5.41) is 0.735. The number of nitrogens with zero attached hydrogens (tertiary/aromatic N) is 1. The third-order valence-electron chi connectivity index (χ3n) is 5.27. The lowest BCUT2D eigenvalue weighted by Crippen LogP contribution is -2.32. The fourth-order valence-electron chi connectivity index (χ4n) is 4.18. The van der Waals surface area contributed by atoms with E-state index in [1.54, 1.807) is 19.2 Å². The summed E-state index contributed by atoms with van der Waals surface area (Å²) in [4.78, 5) is 2.42. The van der Waals surface area contributed by atoms with E-state index in [-0.39, 0.29) is 11.9 Å². The van der Waals surface area contributed by atoms with Gasteiger partial charge in [0.05, 0.1) is 13.2 Å². The van der Waals surface area contributed by atoms with Crippen LogP contribution in [0.25, 0.3) is 0 Å². The molecule has 132 valence electrons. The summed E-state index contributed by atoms with van der Waals surface area (Å²) in [5.74, 6) is 1.26. The van der Waals surface area contributed by atoms with Gasteiger partial charge in [-0.2, -0.15) is 0 Å². The molecule has 1 saturated heterocycles. The smallest absolute Gasteiger partial charge is 0.124 e. The van der Waals surface area contributed by atoms with E-state index < -0.39 is 0 Å². The highest BCUT2D eigenvalue weighted by Gasteiger charge is 2.46. The second-order valence-corrected chi connectivity index (χ2v) is 7.31. The summed E-state index contributed by atoms with van der Waals surface area (Å²) in [5.41, 5.74) is 2.15. The number of likely N-dealkylation sites (tertiary alicyclic amines) is 1. The van der Waals surface area contributed by atoms with E-state index in [0.29, 0.717) is 25.0 Å². The lowest BCUT2D eigenvalue weighted by molar-refractivity contribution is 0.0981. The number of ether oxygens (including phenoxy) is 2. The Morgan fingerprint density at radius 3 is 2.80 bits per heavy atom. The first-order valence-electron chi connectivity index (χ1n) is 8.55. The van der Waals surface area contributed by atoms with Gasteiger partial charge in [-0.3, -0.25) is 4.90 Å². The second-order valence-electron chi connectivity index (χ2n) is 6.87. The monoisotopic (exact) mass is 361 g/mol. The Labute approximate surface area is 152 Å². The van der Waals surface area contributed by atoms with Crippen LogP contribution in [0.4, 0.5) is 4.39 Å². The van der Waals surface area contributed by atoms with Crippen molar-refractivity contribution in [1.29, 1.82) is 0 Å². The predicted molar refractivity (Wildman–Crippen MR) is 95.4 cm³/mol. The summed E-state index contributed by atoms with van der Waals surface area (Å²) >= 11 is 6.00. The maximum Gasteiger partial charge on any atom is 0.124 e. The lowest BCUT2D eigenvalue weighted by atomic mass is 9.85. The molecule has 2 heterocycles. The SMILES string of the molecule is COC[C@@H]1CN(Cc2ccc(Cl)cc2)[C@H]2c3cc(F)ccc3OC[C@@H]12. The van der Waals surface area contributed by atoms with E-state index in [1.165, 1.54) is 11.6 Å². The lowest BCUT2D eigenvalue weighted by Gasteiger charge is -2.34. The molecular formula is C20H21ClFNO2. The average molecular weight is 362 g/mol. The van der Waals surface area contributed by atoms with Crippen LogP contribution in [0.15, 0.2) is 42.5 Å². The Bertz CT molecular complexity index is 752. The molecule has 5 heteroatoms. The fraction of sp³-hybridized carbons (Fsp3) is 0.400. The third kappa shape index (κ3) is 3.26. The highest BCUT2D eigenvalue weighted by atomic mass is 35.5. The highest BCUT2D eigenvalue weighted by molar-refractivity contribution is 6.30. The maximum absolute atomic E-state index is 13.9. The van der Waals surface area contributed by atoms with E-state index in [1.807, 2.05) is 24.3 Å². The first-order valence-corrected chi connectivity index (χ1v) is 8.93. The molecule has 0 N–H and O–H groups in total. The largest absolute Gasteiger partial charge is 0.493 e. The molecular weight excluding hydrogens is 341 g/mol. The first-order chi connectivity index (χ1) is 12.2. The number of methoxy groups -OCH3 is 1. The summed E-state index contributed by atoms with van der Waals surface area (Å²) in [6, 6.07) is 12.9. The maximum atomic E-state index is 13.9. The van der Waals surface area contributed by atoms with Gasteiger partial charge in [0.1, 0.15) is 11.6 Å². The Morgan fingerprint density at radius 1 is 1.24 bits per heavy atom. The Kier molecular flexibility index (Phi) is 4.67. The van der Waals surface area contributed by atoms with Crippen molar-refractivity contribution in [1.82, 2.24) is 4.90 Å². The van der Waals surface area contributed by atoms with Gasteiger partial charge in [0.2, 0.25) is 0 Å². The van der Waals surface area contributed by atoms with E-state index in [0.717, 1.165) is 29.4 Å². The van der Waals surface area contributed by atoms with Crippen LogP contribution in [0.1, 0.15) is 17.2 Å². The van der Waals surface area contributed by atoms with Crippen molar-refractivity contribution in [2.45, 2.75) is 12.6 Å². The minimum atomic E-state index is -0.218. The average Bonchev–Trinajstić information content (AvgIpc) is 2.95. The van der Waals surface area contributed by atoms with Crippen LogP contribution >= 0.6 is 11.6 Å². The van der Waals surface area contributed by atoms with Gasteiger partial charge in [0.25, 0.3) is 0 Å². The normalized spacial score (nSPS) is 25.3. The molecule has 3 nitrogen and oxygen atoms in total. The van der Waals surface area contributed by atoms with Gasteiger partial charge in [-0.15, -0.1) is 0 Å². The highest BCUT2D eigenvalue weighted by Crippen LogP contribution is 2.48. The summed E-state index contributed by atoms with van der Waals surface area (Å²) in [6.07, 6.45) is 0. The van der Waals surface area contributed by atoms with Crippen molar-refractivity contribution >= 4 is 11.6 Å². The summed E-state index contributed by atoms with van der Waals surface area (Å²) < 4.78 is 25.2. The van der Waals surface area contributed by atoms with Gasteiger partial charge in [-0.25, -0.2) is 4.39 Å². The van der Waals surface area contributed by atoms with Gasteiger partial charge >= 0.3 is 0 Å². The minimum absolute atomic E-state index is 0.148. The van der Waals surface area contributed by atoms with Crippen molar-refractivity contribution < 1.29 is 13.9 Å². The molecule has 2 aromatic carbocycles. The molecule has 4 rings (SSSR count). The van der Waals surface area contributed by atoms with Crippen LogP contribution in [0.3, 0.4) is 0 Å². The van der Waals surface area contributed by atoms with E-state index in [9.17, 15) is 4.39 Å². The fourth-order valence-corrected chi connectivity index (χ4v) is 4.30. The molecule has 0 spiro atoms.